The molecule has 1 aliphatic heterocycles. The normalized spacial score (nSPS) is 24.6. The van der Waals surface area contributed by atoms with E-state index in [1.165, 1.54) is 24.4 Å². The van der Waals surface area contributed by atoms with Crippen molar-refractivity contribution in [2.24, 2.45) is 0 Å². The highest BCUT2D eigenvalue weighted by molar-refractivity contribution is 7.09. The van der Waals surface area contributed by atoms with E-state index < -0.39 is 6.10 Å². The first-order valence-corrected chi connectivity index (χ1v) is 6.47. The number of likely N-dealkylation sites (tertiary alicyclic amines) is 1. The highest BCUT2D eigenvalue weighted by atomic mass is 32.1. The zero-order chi connectivity index (χ0) is 10.8. The molecule has 0 bridgehead atoms. The van der Waals surface area contributed by atoms with Crippen molar-refractivity contribution in [1.29, 1.82) is 0 Å². The van der Waals surface area contributed by atoms with Crippen molar-refractivity contribution in [3.8, 4) is 0 Å². The molecule has 1 aromatic rings. The maximum absolute atomic E-state index is 9.43. The fraction of sp³-hybridized carbons (Fsp3) is 0.727. The summed E-state index contributed by atoms with van der Waals surface area (Å²) in [4.78, 5) is 6.98. The molecule has 0 radical (unpaired) electrons. The highest BCUT2D eigenvalue weighted by Gasteiger charge is 2.27. The van der Waals surface area contributed by atoms with Crippen LogP contribution in [-0.2, 0) is 0 Å². The Morgan fingerprint density at radius 2 is 2.53 bits per heavy atom. The second kappa shape index (κ2) is 4.60. The van der Waals surface area contributed by atoms with Crippen LogP contribution in [0.25, 0.3) is 0 Å². The number of aliphatic hydroxyl groups excluding tert-OH is 1. The molecule has 0 aromatic carbocycles. The molecule has 1 N–H and O–H groups in total. The largest absolute Gasteiger partial charge is 0.387 e. The Morgan fingerprint density at radius 3 is 3.13 bits per heavy atom. The van der Waals surface area contributed by atoms with Gasteiger partial charge in [0.25, 0.3) is 0 Å². The van der Waals surface area contributed by atoms with Gasteiger partial charge in [-0.15, -0.1) is 11.3 Å². The summed E-state index contributed by atoms with van der Waals surface area (Å²) >= 11 is 1.68. The Morgan fingerprint density at radius 1 is 1.73 bits per heavy atom. The topological polar surface area (TPSA) is 36.4 Å². The van der Waals surface area contributed by atoms with Crippen LogP contribution in [0.5, 0.6) is 0 Å². The van der Waals surface area contributed by atoms with Gasteiger partial charge in [0.05, 0.1) is 17.8 Å². The summed E-state index contributed by atoms with van der Waals surface area (Å²) < 4.78 is 0. The van der Waals surface area contributed by atoms with Crippen molar-refractivity contribution in [3.63, 3.8) is 0 Å². The van der Waals surface area contributed by atoms with Crippen molar-refractivity contribution in [3.05, 3.63) is 16.1 Å². The summed E-state index contributed by atoms with van der Waals surface area (Å²) in [6.45, 7) is 6.24. The lowest BCUT2D eigenvalue weighted by atomic mass is 10.2. The molecule has 4 heteroatoms. The minimum atomic E-state index is -0.438. The van der Waals surface area contributed by atoms with Gasteiger partial charge in [0.2, 0.25) is 0 Å². The molecular weight excluding hydrogens is 208 g/mol. The summed E-state index contributed by atoms with van der Waals surface area (Å²) in [6, 6.07) is 0.493. The average molecular weight is 226 g/mol. The second-order valence-corrected chi connectivity index (χ2v) is 4.96. The molecule has 0 saturated carbocycles. The molecule has 15 heavy (non-hydrogen) atoms. The lowest BCUT2D eigenvalue weighted by Gasteiger charge is -2.20. The van der Waals surface area contributed by atoms with Crippen LogP contribution in [0.2, 0.25) is 0 Å². The molecule has 84 valence electrons. The minimum absolute atomic E-state index is 0.438. The molecule has 3 nitrogen and oxygen atoms in total. The van der Waals surface area contributed by atoms with Gasteiger partial charge in [0, 0.05) is 5.38 Å². The first kappa shape index (κ1) is 11.0. The number of nitrogens with zero attached hydrogens (tertiary/aromatic N) is 2. The van der Waals surface area contributed by atoms with Gasteiger partial charge in [0.1, 0.15) is 5.01 Å². The molecule has 1 aromatic heterocycles. The Labute approximate surface area is 94.8 Å². The van der Waals surface area contributed by atoms with Gasteiger partial charge in [-0.1, -0.05) is 6.92 Å². The number of hydrogen-bond donors (Lipinski definition) is 1. The van der Waals surface area contributed by atoms with E-state index in [4.69, 9.17) is 0 Å². The number of hydrogen-bond acceptors (Lipinski definition) is 4. The zero-order valence-electron chi connectivity index (χ0n) is 9.31. The van der Waals surface area contributed by atoms with Crippen LogP contribution < -0.4 is 0 Å². The van der Waals surface area contributed by atoms with E-state index in [1.807, 2.05) is 5.38 Å². The lowest BCUT2D eigenvalue weighted by molar-refractivity contribution is 0.194. The Bertz CT molecular complexity index is 324. The summed E-state index contributed by atoms with van der Waals surface area (Å²) in [7, 11) is 0. The molecule has 2 heterocycles. The Balaban J connectivity index is 2.14. The van der Waals surface area contributed by atoms with Crippen molar-refractivity contribution >= 4 is 11.3 Å². The van der Waals surface area contributed by atoms with Crippen molar-refractivity contribution < 1.29 is 5.11 Å². The molecule has 1 fully saturated rings. The molecule has 1 saturated heterocycles. The third kappa shape index (κ3) is 2.22. The number of aromatic nitrogens is 1. The number of rotatable bonds is 3. The van der Waals surface area contributed by atoms with E-state index in [9.17, 15) is 5.11 Å². The molecular formula is C11H18N2OS. The van der Waals surface area contributed by atoms with Crippen molar-refractivity contribution in [2.45, 2.75) is 38.8 Å². The van der Waals surface area contributed by atoms with Crippen LogP contribution in [0.4, 0.5) is 0 Å². The van der Waals surface area contributed by atoms with E-state index in [2.05, 4.69) is 16.8 Å². The maximum atomic E-state index is 9.43. The van der Waals surface area contributed by atoms with Crippen molar-refractivity contribution in [1.82, 2.24) is 9.88 Å². The molecule has 2 atom stereocenters. The zero-order valence-corrected chi connectivity index (χ0v) is 10.1. The average Bonchev–Trinajstić information content (AvgIpc) is 2.85. The number of aliphatic hydroxyl groups is 1. The van der Waals surface area contributed by atoms with Gasteiger partial charge < -0.3 is 5.11 Å². The van der Waals surface area contributed by atoms with Gasteiger partial charge >= 0.3 is 0 Å². The van der Waals surface area contributed by atoms with E-state index in [1.54, 1.807) is 18.3 Å². The van der Waals surface area contributed by atoms with Crippen LogP contribution in [0, 0.1) is 0 Å². The van der Waals surface area contributed by atoms with Crippen molar-refractivity contribution in [2.75, 3.05) is 13.1 Å². The third-order valence-electron chi connectivity index (χ3n) is 3.02. The Hall–Kier alpha value is -0.450. The first-order chi connectivity index (χ1) is 7.22. The van der Waals surface area contributed by atoms with Gasteiger partial charge in [-0.05, 0) is 32.9 Å². The van der Waals surface area contributed by atoms with Gasteiger partial charge in [0.15, 0.2) is 0 Å². The van der Waals surface area contributed by atoms with E-state index in [0.29, 0.717) is 6.04 Å². The molecule has 0 amide bonds. The molecule has 0 spiro atoms. The summed E-state index contributed by atoms with van der Waals surface area (Å²) in [6.07, 6.45) is 2.04. The van der Waals surface area contributed by atoms with E-state index in [0.717, 1.165) is 12.2 Å². The van der Waals surface area contributed by atoms with Crippen LogP contribution in [0.1, 0.15) is 49.5 Å². The quantitative estimate of drug-likeness (QED) is 0.859. The van der Waals surface area contributed by atoms with Crippen LogP contribution in [0.15, 0.2) is 5.38 Å². The molecule has 2 unspecified atom stereocenters. The van der Waals surface area contributed by atoms with Gasteiger partial charge in [-0.3, -0.25) is 4.90 Å². The fourth-order valence-corrected chi connectivity index (χ4v) is 3.20. The summed E-state index contributed by atoms with van der Waals surface area (Å²) in [5.41, 5.74) is 0.818. The SMILES string of the molecule is CCN1CCCC1c1nc(C(C)O)cs1. The maximum Gasteiger partial charge on any atom is 0.110 e. The summed E-state index contributed by atoms with van der Waals surface area (Å²) in [5.74, 6) is 0. The predicted octanol–water partition coefficient (Wildman–Crippen LogP) is 2.35. The van der Waals surface area contributed by atoms with Crippen LogP contribution in [0.3, 0.4) is 0 Å². The monoisotopic (exact) mass is 226 g/mol. The number of thiazole rings is 1. The Kier molecular flexibility index (Phi) is 3.38. The standard InChI is InChI=1S/C11H18N2OS/c1-3-13-6-4-5-10(13)11-12-9(7-15-11)8(2)14/h7-8,10,14H,3-6H2,1-2H3. The molecule has 1 aliphatic rings. The van der Waals surface area contributed by atoms with E-state index >= 15 is 0 Å². The van der Waals surface area contributed by atoms with Gasteiger partial charge in [-0.25, -0.2) is 4.98 Å². The minimum Gasteiger partial charge on any atom is -0.387 e. The summed E-state index contributed by atoms with van der Waals surface area (Å²) in [5, 5.41) is 12.6. The fourth-order valence-electron chi connectivity index (χ4n) is 2.13. The van der Waals surface area contributed by atoms with E-state index in [-0.39, 0.29) is 0 Å². The van der Waals surface area contributed by atoms with Gasteiger partial charge in [-0.2, -0.15) is 0 Å². The molecule has 0 aliphatic carbocycles. The third-order valence-corrected chi connectivity index (χ3v) is 3.99. The predicted molar refractivity (Wildman–Crippen MR) is 62.0 cm³/mol. The van der Waals surface area contributed by atoms with Crippen LogP contribution in [-0.4, -0.2) is 28.1 Å². The second-order valence-electron chi connectivity index (χ2n) is 4.07. The highest BCUT2D eigenvalue weighted by Crippen LogP contribution is 2.33. The smallest absolute Gasteiger partial charge is 0.110 e. The van der Waals surface area contributed by atoms with Crippen LogP contribution >= 0.6 is 11.3 Å². The lowest BCUT2D eigenvalue weighted by Crippen LogP contribution is -2.22. The first-order valence-electron chi connectivity index (χ1n) is 5.59. The molecule has 2 rings (SSSR count).